The van der Waals surface area contributed by atoms with Crippen LogP contribution in [0.2, 0.25) is 0 Å². The Labute approximate surface area is 238 Å². The Balaban J connectivity index is 1.30. The lowest BCUT2D eigenvalue weighted by molar-refractivity contribution is 0.664. The molecule has 1 aliphatic rings. The van der Waals surface area contributed by atoms with Gasteiger partial charge in [0, 0.05) is 32.6 Å². The Morgan fingerprint density at radius 1 is 0.537 bits per heavy atom. The first-order valence-electron chi connectivity index (χ1n) is 14.3. The molecule has 2 aromatic heterocycles. The molecular weight excluding hydrogens is 498 g/mol. The number of rotatable bonds is 2. The molecule has 0 saturated carbocycles. The van der Waals surface area contributed by atoms with Crippen LogP contribution in [0.4, 0.5) is 0 Å². The maximum Gasteiger partial charge on any atom is 0.136 e. The summed E-state index contributed by atoms with van der Waals surface area (Å²) in [5.41, 5.74) is 13.3. The molecule has 0 unspecified atom stereocenters. The van der Waals surface area contributed by atoms with Crippen molar-refractivity contribution in [3.63, 3.8) is 0 Å². The summed E-state index contributed by atoms with van der Waals surface area (Å²) >= 11 is 0. The fourth-order valence-corrected chi connectivity index (χ4v) is 7.39. The van der Waals surface area contributed by atoms with E-state index in [1.165, 1.54) is 66.3 Å². The minimum atomic E-state index is -0.102. The highest BCUT2D eigenvalue weighted by molar-refractivity contribution is 6.14. The van der Waals surface area contributed by atoms with E-state index in [1.54, 1.807) is 0 Å². The molecule has 0 aliphatic heterocycles. The average molecular weight is 526 g/mol. The largest absolute Gasteiger partial charge is 0.456 e. The van der Waals surface area contributed by atoms with Crippen LogP contribution >= 0.6 is 0 Å². The van der Waals surface area contributed by atoms with Crippen molar-refractivity contribution in [2.24, 2.45) is 0 Å². The van der Waals surface area contributed by atoms with E-state index < -0.39 is 0 Å². The van der Waals surface area contributed by atoms with E-state index in [-0.39, 0.29) is 5.41 Å². The van der Waals surface area contributed by atoms with Crippen LogP contribution in [0, 0.1) is 0 Å². The minimum Gasteiger partial charge on any atom is -0.456 e. The van der Waals surface area contributed by atoms with E-state index in [2.05, 4.69) is 134 Å². The standard InChI is InChI=1S/C39H27NO/c1-39(2)32-14-6-3-10-27(32)29-22-23-30-28-11-4-7-15-33(28)40(38(30)37(29)39)25-20-18-24(19-21-25)26-13-9-17-35-36(26)31-12-5-8-16-34(31)41-35/h3-23H,1-2H3. The molecule has 8 aromatic rings. The molecule has 0 N–H and O–H groups in total. The quantitative estimate of drug-likeness (QED) is 0.219. The monoisotopic (exact) mass is 525 g/mol. The zero-order chi connectivity index (χ0) is 27.3. The second-order valence-electron chi connectivity index (χ2n) is 11.7. The fourth-order valence-electron chi connectivity index (χ4n) is 7.39. The summed E-state index contributed by atoms with van der Waals surface area (Å²) in [7, 11) is 0. The summed E-state index contributed by atoms with van der Waals surface area (Å²) in [5.74, 6) is 0. The van der Waals surface area contributed by atoms with Gasteiger partial charge in [0.25, 0.3) is 0 Å². The van der Waals surface area contributed by atoms with E-state index in [4.69, 9.17) is 4.42 Å². The van der Waals surface area contributed by atoms with Gasteiger partial charge < -0.3 is 8.98 Å². The van der Waals surface area contributed by atoms with Gasteiger partial charge in [-0.3, -0.25) is 0 Å². The van der Waals surface area contributed by atoms with Gasteiger partial charge in [0.05, 0.1) is 11.0 Å². The molecule has 9 rings (SSSR count). The fraction of sp³-hybridized carbons (Fsp3) is 0.0769. The van der Waals surface area contributed by atoms with Crippen molar-refractivity contribution >= 4 is 43.7 Å². The number of benzene rings is 6. The third-order valence-corrected chi connectivity index (χ3v) is 9.19. The molecule has 0 spiro atoms. The third-order valence-electron chi connectivity index (χ3n) is 9.19. The van der Waals surface area contributed by atoms with Crippen molar-refractivity contribution in [1.29, 1.82) is 0 Å². The van der Waals surface area contributed by atoms with Gasteiger partial charge in [0.1, 0.15) is 11.2 Å². The Morgan fingerprint density at radius 2 is 1.24 bits per heavy atom. The Hall–Kier alpha value is -5.08. The van der Waals surface area contributed by atoms with E-state index >= 15 is 0 Å². The lowest BCUT2D eigenvalue weighted by atomic mass is 9.81. The van der Waals surface area contributed by atoms with Gasteiger partial charge in [0.15, 0.2) is 0 Å². The number of nitrogens with zero attached hydrogens (tertiary/aromatic N) is 1. The minimum absolute atomic E-state index is 0.102. The number of hydrogen-bond donors (Lipinski definition) is 0. The Bertz CT molecular complexity index is 2330. The van der Waals surface area contributed by atoms with E-state index in [9.17, 15) is 0 Å². The van der Waals surface area contributed by atoms with Crippen LogP contribution < -0.4 is 0 Å². The maximum absolute atomic E-state index is 6.18. The third kappa shape index (κ3) is 2.97. The summed E-state index contributed by atoms with van der Waals surface area (Å²) in [5, 5.41) is 4.92. The smallest absolute Gasteiger partial charge is 0.136 e. The summed E-state index contributed by atoms with van der Waals surface area (Å²) in [4.78, 5) is 0. The number of hydrogen-bond acceptors (Lipinski definition) is 1. The summed E-state index contributed by atoms with van der Waals surface area (Å²) in [6.07, 6.45) is 0. The highest BCUT2D eigenvalue weighted by Crippen LogP contribution is 2.52. The molecule has 0 radical (unpaired) electrons. The highest BCUT2D eigenvalue weighted by atomic mass is 16.3. The molecule has 194 valence electrons. The summed E-state index contributed by atoms with van der Waals surface area (Å²) < 4.78 is 8.66. The molecule has 0 fully saturated rings. The topological polar surface area (TPSA) is 18.1 Å². The van der Waals surface area contributed by atoms with Crippen LogP contribution in [0.15, 0.2) is 132 Å². The van der Waals surface area contributed by atoms with Crippen molar-refractivity contribution in [2.45, 2.75) is 19.3 Å². The zero-order valence-electron chi connectivity index (χ0n) is 23.0. The molecule has 2 heterocycles. The molecule has 41 heavy (non-hydrogen) atoms. The first-order valence-corrected chi connectivity index (χ1v) is 14.3. The van der Waals surface area contributed by atoms with Crippen LogP contribution in [0.1, 0.15) is 25.0 Å². The van der Waals surface area contributed by atoms with Crippen molar-refractivity contribution in [3.05, 3.63) is 139 Å². The van der Waals surface area contributed by atoms with Gasteiger partial charge in [-0.25, -0.2) is 0 Å². The second-order valence-corrected chi connectivity index (χ2v) is 11.7. The lowest BCUT2D eigenvalue weighted by Crippen LogP contribution is -2.16. The molecule has 0 atom stereocenters. The van der Waals surface area contributed by atoms with E-state index in [0.29, 0.717) is 0 Å². The second kappa shape index (κ2) is 7.99. The van der Waals surface area contributed by atoms with Crippen LogP contribution in [-0.4, -0.2) is 4.57 Å². The molecule has 2 nitrogen and oxygen atoms in total. The van der Waals surface area contributed by atoms with Crippen molar-refractivity contribution in [2.75, 3.05) is 0 Å². The normalized spacial score (nSPS) is 13.8. The van der Waals surface area contributed by atoms with Gasteiger partial charge in [-0.2, -0.15) is 0 Å². The predicted octanol–water partition coefficient (Wildman–Crippen LogP) is 10.7. The van der Waals surface area contributed by atoms with E-state index in [0.717, 1.165) is 16.6 Å². The number of furan rings is 1. The number of para-hydroxylation sites is 2. The molecule has 0 amide bonds. The molecule has 1 aliphatic carbocycles. The molecule has 0 bridgehead atoms. The van der Waals surface area contributed by atoms with Crippen LogP contribution in [0.3, 0.4) is 0 Å². The van der Waals surface area contributed by atoms with E-state index in [1.807, 2.05) is 12.1 Å². The lowest BCUT2D eigenvalue weighted by Gasteiger charge is -2.23. The van der Waals surface area contributed by atoms with Crippen LogP contribution in [0.25, 0.3) is 71.7 Å². The van der Waals surface area contributed by atoms with Crippen molar-refractivity contribution in [1.82, 2.24) is 4.57 Å². The summed E-state index contributed by atoms with van der Waals surface area (Å²) in [6, 6.07) is 46.1. The summed E-state index contributed by atoms with van der Waals surface area (Å²) in [6.45, 7) is 4.75. The van der Waals surface area contributed by atoms with Crippen molar-refractivity contribution in [3.8, 4) is 27.9 Å². The maximum atomic E-state index is 6.18. The molecule has 6 aromatic carbocycles. The Morgan fingerprint density at radius 3 is 2.12 bits per heavy atom. The van der Waals surface area contributed by atoms with Crippen LogP contribution in [0.5, 0.6) is 0 Å². The van der Waals surface area contributed by atoms with Crippen LogP contribution in [-0.2, 0) is 5.41 Å². The number of fused-ring (bicyclic) bond motifs is 10. The Kier molecular flexibility index (Phi) is 4.42. The van der Waals surface area contributed by atoms with Gasteiger partial charge in [-0.1, -0.05) is 111 Å². The number of aromatic nitrogens is 1. The first kappa shape index (κ1) is 22.7. The van der Waals surface area contributed by atoms with Gasteiger partial charge in [-0.15, -0.1) is 0 Å². The predicted molar refractivity (Wildman–Crippen MR) is 171 cm³/mol. The van der Waals surface area contributed by atoms with Gasteiger partial charge >= 0.3 is 0 Å². The molecule has 0 saturated heterocycles. The SMILES string of the molecule is CC1(C)c2ccccc2-c2ccc3c4ccccc4n(-c4ccc(-c5cccc6oc7ccccc7c56)cc4)c3c21. The van der Waals surface area contributed by atoms with Gasteiger partial charge in [-0.05, 0) is 63.7 Å². The zero-order valence-corrected chi connectivity index (χ0v) is 23.0. The molecular formula is C39H27NO. The molecule has 2 heteroatoms. The first-order chi connectivity index (χ1) is 20.1. The average Bonchev–Trinajstić information content (AvgIpc) is 3.63. The van der Waals surface area contributed by atoms with Crippen molar-refractivity contribution < 1.29 is 4.42 Å². The van der Waals surface area contributed by atoms with Gasteiger partial charge in [0.2, 0.25) is 0 Å². The highest BCUT2D eigenvalue weighted by Gasteiger charge is 2.38.